The summed E-state index contributed by atoms with van der Waals surface area (Å²) in [7, 11) is 4.15. The van der Waals surface area contributed by atoms with Crippen LogP contribution in [-0.2, 0) is 6.54 Å². The molecule has 2 aromatic rings. The quantitative estimate of drug-likeness (QED) is 0.859. The number of hydrogen-bond acceptors (Lipinski definition) is 5. The van der Waals surface area contributed by atoms with Gasteiger partial charge in [-0.25, -0.2) is 0 Å². The Bertz CT molecular complexity index is 677. The summed E-state index contributed by atoms with van der Waals surface area (Å²) >= 11 is 0. The Hall–Kier alpha value is -2.31. The molecule has 1 fully saturated rings. The second-order valence-electron chi connectivity index (χ2n) is 6.85. The maximum Gasteiger partial charge on any atom is 0.251 e. The Balaban J connectivity index is 1.66. The van der Waals surface area contributed by atoms with Gasteiger partial charge in [-0.05, 0) is 38.4 Å². The standard InChI is InChI=1S/C19H25N5O/c1-23(2)11-16-12-24(13-17-5-3-4-8-21-17)14-18(16)22-19(25)15-6-9-20-10-7-15/h3-10,16,18H,11-14H2,1-2H3,(H,22,25)/t16-,18-/m1/s1. The molecule has 0 spiro atoms. The highest BCUT2D eigenvalue weighted by Gasteiger charge is 2.34. The fourth-order valence-electron chi connectivity index (χ4n) is 3.38. The van der Waals surface area contributed by atoms with E-state index < -0.39 is 0 Å². The third-order valence-corrected chi connectivity index (χ3v) is 4.49. The van der Waals surface area contributed by atoms with Crippen molar-refractivity contribution in [2.24, 2.45) is 5.92 Å². The molecule has 25 heavy (non-hydrogen) atoms. The van der Waals surface area contributed by atoms with E-state index in [0.29, 0.717) is 11.5 Å². The summed E-state index contributed by atoms with van der Waals surface area (Å²) in [6.45, 7) is 3.55. The minimum Gasteiger partial charge on any atom is -0.348 e. The van der Waals surface area contributed by atoms with Gasteiger partial charge in [0.2, 0.25) is 0 Å². The highest BCUT2D eigenvalue weighted by Crippen LogP contribution is 2.20. The molecule has 132 valence electrons. The van der Waals surface area contributed by atoms with E-state index in [2.05, 4.69) is 39.2 Å². The molecule has 0 aromatic carbocycles. The molecule has 6 nitrogen and oxygen atoms in total. The van der Waals surface area contributed by atoms with Gasteiger partial charge in [0, 0.05) is 62.3 Å². The van der Waals surface area contributed by atoms with E-state index in [-0.39, 0.29) is 11.9 Å². The molecule has 0 radical (unpaired) electrons. The van der Waals surface area contributed by atoms with Crippen LogP contribution in [0.2, 0.25) is 0 Å². The predicted octanol–water partition coefficient (Wildman–Crippen LogP) is 1.27. The number of pyridine rings is 2. The Morgan fingerprint density at radius 2 is 2.00 bits per heavy atom. The summed E-state index contributed by atoms with van der Waals surface area (Å²) in [5, 5.41) is 3.21. The Morgan fingerprint density at radius 3 is 2.68 bits per heavy atom. The molecule has 1 aliphatic heterocycles. The Kier molecular flexibility index (Phi) is 5.73. The van der Waals surface area contributed by atoms with Gasteiger partial charge in [0.1, 0.15) is 0 Å². The molecule has 3 rings (SSSR count). The fourth-order valence-corrected chi connectivity index (χ4v) is 3.38. The van der Waals surface area contributed by atoms with Gasteiger partial charge in [-0.2, -0.15) is 0 Å². The van der Waals surface area contributed by atoms with Crippen molar-refractivity contribution in [3.63, 3.8) is 0 Å². The number of nitrogens with zero attached hydrogens (tertiary/aromatic N) is 4. The molecule has 0 aliphatic carbocycles. The summed E-state index contributed by atoms with van der Waals surface area (Å²) in [5.41, 5.74) is 1.72. The van der Waals surface area contributed by atoms with E-state index in [4.69, 9.17) is 0 Å². The molecular formula is C19H25N5O. The average Bonchev–Trinajstić information content (AvgIpc) is 2.96. The van der Waals surface area contributed by atoms with Crippen LogP contribution in [0.1, 0.15) is 16.1 Å². The number of rotatable bonds is 6. The van der Waals surface area contributed by atoms with Crippen LogP contribution in [0.15, 0.2) is 48.9 Å². The minimum absolute atomic E-state index is 0.0316. The predicted molar refractivity (Wildman–Crippen MR) is 97.0 cm³/mol. The number of carbonyl (C=O) groups is 1. The van der Waals surface area contributed by atoms with Gasteiger partial charge in [0.05, 0.1) is 5.69 Å². The summed E-state index contributed by atoms with van der Waals surface area (Å²) in [6, 6.07) is 9.61. The van der Waals surface area contributed by atoms with Crippen LogP contribution in [-0.4, -0.2) is 65.4 Å². The number of hydrogen-bond donors (Lipinski definition) is 1. The third-order valence-electron chi connectivity index (χ3n) is 4.49. The third kappa shape index (κ3) is 4.84. The van der Waals surface area contributed by atoms with E-state index in [1.165, 1.54) is 0 Å². The monoisotopic (exact) mass is 339 g/mol. The van der Waals surface area contributed by atoms with Gasteiger partial charge in [0.15, 0.2) is 0 Å². The zero-order valence-electron chi connectivity index (χ0n) is 14.8. The zero-order valence-corrected chi connectivity index (χ0v) is 14.8. The summed E-state index contributed by atoms with van der Waals surface area (Å²) in [4.78, 5) is 25.5. The lowest BCUT2D eigenvalue weighted by molar-refractivity contribution is 0.0926. The number of amides is 1. The van der Waals surface area contributed by atoms with Crippen LogP contribution in [0, 0.1) is 5.92 Å². The van der Waals surface area contributed by atoms with Crippen LogP contribution in [0.3, 0.4) is 0 Å². The van der Waals surface area contributed by atoms with Crippen molar-refractivity contribution >= 4 is 5.91 Å². The maximum atomic E-state index is 12.5. The van der Waals surface area contributed by atoms with E-state index in [1.54, 1.807) is 24.5 Å². The molecule has 6 heteroatoms. The molecule has 2 atom stereocenters. The van der Waals surface area contributed by atoms with Gasteiger partial charge >= 0.3 is 0 Å². The normalized spacial score (nSPS) is 20.8. The fraction of sp³-hybridized carbons (Fsp3) is 0.421. The minimum atomic E-state index is -0.0316. The summed E-state index contributed by atoms with van der Waals surface area (Å²) in [5.74, 6) is 0.361. The molecule has 0 bridgehead atoms. The smallest absolute Gasteiger partial charge is 0.251 e. The zero-order chi connectivity index (χ0) is 17.6. The van der Waals surface area contributed by atoms with Crippen molar-refractivity contribution in [2.45, 2.75) is 12.6 Å². The first-order valence-corrected chi connectivity index (χ1v) is 8.59. The van der Waals surface area contributed by atoms with E-state index >= 15 is 0 Å². The number of likely N-dealkylation sites (tertiary alicyclic amines) is 1. The largest absolute Gasteiger partial charge is 0.348 e. The van der Waals surface area contributed by atoms with Crippen molar-refractivity contribution < 1.29 is 4.79 Å². The van der Waals surface area contributed by atoms with Crippen molar-refractivity contribution in [1.82, 2.24) is 25.1 Å². The van der Waals surface area contributed by atoms with Crippen LogP contribution in [0.4, 0.5) is 0 Å². The number of aromatic nitrogens is 2. The highest BCUT2D eigenvalue weighted by molar-refractivity contribution is 5.94. The molecule has 1 saturated heterocycles. The van der Waals surface area contributed by atoms with Crippen molar-refractivity contribution in [3.8, 4) is 0 Å². The van der Waals surface area contributed by atoms with Crippen molar-refractivity contribution in [1.29, 1.82) is 0 Å². The first-order valence-electron chi connectivity index (χ1n) is 8.59. The molecule has 0 unspecified atom stereocenters. The van der Waals surface area contributed by atoms with E-state index in [0.717, 1.165) is 31.9 Å². The molecule has 1 N–H and O–H groups in total. The first kappa shape index (κ1) is 17.5. The van der Waals surface area contributed by atoms with Crippen molar-refractivity contribution in [2.75, 3.05) is 33.7 Å². The SMILES string of the molecule is CN(C)C[C@@H]1CN(Cc2ccccn2)C[C@H]1NC(=O)c1ccncc1. The molecular weight excluding hydrogens is 314 g/mol. The van der Waals surface area contributed by atoms with Crippen LogP contribution in [0.25, 0.3) is 0 Å². The van der Waals surface area contributed by atoms with Crippen LogP contribution in [0.5, 0.6) is 0 Å². The van der Waals surface area contributed by atoms with Crippen LogP contribution < -0.4 is 5.32 Å². The number of nitrogens with one attached hydrogen (secondary N) is 1. The molecule has 1 aliphatic rings. The summed E-state index contributed by atoms with van der Waals surface area (Å²) < 4.78 is 0. The van der Waals surface area contributed by atoms with E-state index in [9.17, 15) is 4.79 Å². The lowest BCUT2D eigenvalue weighted by Crippen LogP contribution is -2.43. The number of carbonyl (C=O) groups excluding carboxylic acids is 1. The lowest BCUT2D eigenvalue weighted by Gasteiger charge is -2.23. The van der Waals surface area contributed by atoms with Gasteiger partial charge in [-0.1, -0.05) is 6.07 Å². The first-order chi connectivity index (χ1) is 12.1. The molecule has 0 saturated carbocycles. The van der Waals surface area contributed by atoms with Gasteiger partial charge in [-0.3, -0.25) is 19.7 Å². The van der Waals surface area contributed by atoms with E-state index in [1.807, 2.05) is 24.4 Å². The topological polar surface area (TPSA) is 61.4 Å². The van der Waals surface area contributed by atoms with Gasteiger partial charge < -0.3 is 10.2 Å². The lowest BCUT2D eigenvalue weighted by atomic mass is 10.0. The van der Waals surface area contributed by atoms with Gasteiger partial charge in [-0.15, -0.1) is 0 Å². The average molecular weight is 339 g/mol. The molecule has 3 heterocycles. The maximum absolute atomic E-state index is 12.5. The molecule has 1 amide bonds. The highest BCUT2D eigenvalue weighted by atomic mass is 16.1. The van der Waals surface area contributed by atoms with Crippen molar-refractivity contribution in [3.05, 3.63) is 60.2 Å². The second-order valence-corrected chi connectivity index (χ2v) is 6.85. The summed E-state index contributed by atoms with van der Waals surface area (Å²) in [6.07, 6.45) is 5.12. The van der Waals surface area contributed by atoms with Gasteiger partial charge in [0.25, 0.3) is 5.91 Å². The Morgan fingerprint density at radius 1 is 1.20 bits per heavy atom. The molecule has 2 aromatic heterocycles. The van der Waals surface area contributed by atoms with Crippen LogP contribution >= 0.6 is 0 Å². The Labute approximate surface area is 148 Å². The second kappa shape index (κ2) is 8.18.